The van der Waals surface area contributed by atoms with E-state index in [2.05, 4.69) is 20.8 Å². The van der Waals surface area contributed by atoms with Gasteiger partial charge in [0.2, 0.25) is 0 Å². The van der Waals surface area contributed by atoms with Gasteiger partial charge in [0.1, 0.15) is 0 Å². The summed E-state index contributed by atoms with van der Waals surface area (Å²) in [5.74, 6) is 0. The van der Waals surface area contributed by atoms with Gasteiger partial charge in [0, 0.05) is 4.87 Å². The minimum Gasteiger partial charge on any atom is -0.119 e. The quantitative estimate of drug-likeness (QED) is 0.0621. The van der Waals surface area contributed by atoms with Crippen LogP contribution in [-0.4, -0.2) is 4.87 Å². The summed E-state index contributed by atoms with van der Waals surface area (Å²) >= 11 is 7.34. The van der Waals surface area contributed by atoms with Crippen LogP contribution in [0.2, 0.25) is 0 Å². The van der Waals surface area contributed by atoms with E-state index >= 15 is 0 Å². The van der Waals surface area contributed by atoms with Crippen molar-refractivity contribution >= 4 is 11.6 Å². The Kier molecular flexibility index (Phi) is 30.1. The van der Waals surface area contributed by atoms with Crippen molar-refractivity contribution in [3.8, 4) is 0 Å². The molecule has 1 heteroatoms. The lowest BCUT2D eigenvalue weighted by atomic mass is 9.88. The Balaban J connectivity index is 4.05. The predicted octanol–water partition coefficient (Wildman–Crippen LogP) is 14.1. The number of halogens is 1. The zero-order valence-electron chi connectivity index (χ0n) is 25.8. The maximum atomic E-state index is 7.34. The number of hydrogen-bond donors (Lipinski definition) is 0. The summed E-state index contributed by atoms with van der Waals surface area (Å²) in [6, 6.07) is 0. The van der Waals surface area contributed by atoms with Crippen LogP contribution >= 0.6 is 11.6 Å². The molecule has 0 spiro atoms. The highest BCUT2D eigenvalue weighted by atomic mass is 35.5. The zero-order chi connectivity index (χ0) is 26.4. The molecule has 0 nitrogen and oxygen atoms in total. The molecule has 0 atom stereocenters. The molecule has 0 N–H and O–H groups in total. The van der Waals surface area contributed by atoms with Crippen LogP contribution in [0.3, 0.4) is 0 Å². The Bertz CT molecular complexity index is 368. The lowest BCUT2D eigenvalue weighted by Crippen LogP contribution is -2.21. The van der Waals surface area contributed by atoms with Crippen molar-refractivity contribution < 1.29 is 0 Å². The van der Waals surface area contributed by atoms with Crippen molar-refractivity contribution in [1.82, 2.24) is 0 Å². The molecule has 0 aromatic rings. The molecule has 0 rings (SSSR count). The molecule has 0 saturated heterocycles. The van der Waals surface area contributed by atoms with E-state index in [1.807, 2.05) is 0 Å². The van der Waals surface area contributed by atoms with E-state index in [1.165, 1.54) is 199 Å². The lowest BCUT2D eigenvalue weighted by molar-refractivity contribution is 0.394. The molecule has 0 unspecified atom stereocenters. The summed E-state index contributed by atoms with van der Waals surface area (Å²) < 4.78 is 0. The van der Waals surface area contributed by atoms with Crippen molar-refractivity contribution in [2.45, 2.75) is 225 Å². The molecule has 36 heavy (non-hydrogen) atoms. The maximum Gasteiger partial charge on any atom is 0.0446 e. The second-order valence-corrected chi connectivity index (χ2v) is 13.0. The molecule has 0 aliphatic rings. The standard InChI is InChI=1S/C35H71Cl/c1-4-7-10-13-16-19-22-25-28-31-34-35(36,32-29-26-23-20-17-14-11-8-5-2)33-30-27-24-21-18-15-12-9-6-3/h4-34H2,1-3H3. The van der Waals surface area contributed by atoms with Crippen molar-refractivity contribution in [3.05, 3.63) is 0 Å². The van der Waals surface area contributed by atoms with Gasteiger partial charge < -0.3 is 0 Å². The molecule has 0 amide bonds. The second kappa shape index (κ2) is 29.8. The highest BCUT2D eigenvalue weighted by molar-refractivity contribution is 6.23. The first kappa shape index (κ1) is 36.3. The van der Waals surface area contributed by atoms with Gasteiger partial charge in [-0.2, -0.15) is 0 Å². The Labute approximate surface area is 235 Å². The molecule has 0 aliphatic carbocycles. The Hall–Kier alpha value is 0.290. The lowest BCUT2D eigenvalue weighted by Gasteiger charge is -2.27. The summed E-state index contributed by atoms with van der Waals surface area (Å²) in [5, 5.41) is 0. The van der Waals surface area contributed by atoms with Crippen LogP contribution in [0.5, 0.6) is 0 Å². The highest BCUT2D eigenvalue weighted by Gasteiger charge is 2.25. The average Bonchev–Trinajstić information content (AvgIpc) is 2.88. The van der Waals surface area contributed by atoms with Crippen LogP contribution in [0.4, 0.5) is 0 Å². The van der Waals surface area contributed by atoms with Gasteiger partial charge in [-0.25, -0.2) is 0 Å². The molecule has 0 radical (unpaired) electrons. The van der Waals surface area contributed by atoms with Crippen LogP contribution in [0, 0.1) is 0 Å². The van der Waals surface area contributed by atoms with Gasteiger partial charge in [-0.05, 0) is 19.3 Å². The van der Waals surface area contributed by atoms with Gasteiger partial charge in [-0.1, -0.05) is 201 Å². The first-order valence-electron chi connectivity index (χ1n) is 17.4. The normalized spacial score (nSPS) is 12.0. The Morgan fingerprint density at radius 1 is 0.278 bits per heavy atom. The first-order chi connectivity index (χ1) is 17.7. The summed E-state index contributed by atoms with van der Waals surface area (Å²) in [6.45, 7) is 6.92. The van der Waals surface area contributed by atoms with E-state index in [1.54, 1.807) is 0 Å². The minimum absolute atomic E-state index is 0.0996. The molecule has 0 bridgehead atoms. The van der Waals surface area contributed by atoms with Gasteiger partial charge >= 0.3 is 0 Å². The molecule has 0 aliphatic heterocycles. The van der Waals surface area contributed by atoms with Gasteiger partial charge in [0.15, 0.2) is 0 Å². The third kappa shape index (κ3) is 27.3. The summed E-state index contributed by atoms with van der Waals surface area (Å²) in [4.78, 5) is 0.0996. The number of unbranched alkanes of at least 4 members (excludes halogenated alkanes) is 25. The number of alkyl halides is 1. The van der Waals surface area contributed by atoms with Crippen molar-refractivity contribution in [3.63, 3.8) is 0 Å². The Morgan fingerprint density at radius 2 is 0.444 bits per heavy atom. The van der Waals surface area contributed by atoms with Crippen LogP contribution in [0.25, 0.3) is 0 Å². The van der Waals surface area contributed by atoms with Crippen LogP contribution in [0.15, 0.2) is 0 Å². The average molecular weight is 527 g/mol. The third-order valence-corrected chi connectivity index (χ3v) is 9.00. The second-order valence-electron chi connectivity index (χ2n) is 12.2. The number of hydrogen-bond acceptors (Lipinski definition) is 0. The van der Waals surface area contributed by atoms with Crippen LogP contribution in [-0.2, 0) is 0 Å². The van der Waals surface area contributed by atoms with Gasteiger partial charge in [0.25, 0.3) is 0 Å². The molecule has 0 aromatic heterocycles. The van der Waals surface area contributed by atoms with E-state index in [9.17, 15) is 0 Å². The van der Waals surface area contributed by atoms with Gasteiger partial charge in [-0.3, -0.25) is 0 Å². The molecule has 0 saturated carbocycles. The monoisotopic (exact) mass is 527 g/mol. The largest absolute Gasteiger partial charge is 0.119 e. The fraction of sp³-hybridized carbons (Fsp3) is 1.00. The van der Waals surface area contributed by atoms with Gasteiger partial charge in [0.05, 0.1) is 0 Å². The predicted molar refractivity (Wildman–Crippen MR) is 169 cm³/mol. The topological polar surface area (TPSA) is 0 Å². The smallest absolute Gasteiger partial charge is 0.0446 e. The van der Waals surface area contributed by atoms with Crippen LogP contribution in [0.1, 0.15) is 220 Å². The summed E-state index contributed by atoms with van der Waals surface area (Å²) in [7, 11) is 0. The molecule has 0 aromatic carbocycles. The molecular formula is C35H71Cl. The van der Waals surface area contributed by atoms with Crippen LogP contribution < -0.4 is 0 Å². The van der Waals surface area contributed by atoms with E-state index in [4.69, 9.17) is 11.6 Å². The summed E-state index contributed by atoms with van der Waals surface area (Å²) in [6.07, 6.45) is 43.5. The van der Waals surface area contributed by atoms with Gasteiger partial charge in [-0.15, -0.1) is 11.6 Å². The van der Waals surface area contributed by atoms with Crippen molar-refractivity contribution in [2.75, 3.05) is 0 Å². The number of rotatable bonds is 31. The molecule has 0 heterocycles. The maximum absolute atomic E-state index is 7.34. The van der Waals surface area contributed by atoms with E-state index in [0.29, 0.717) is 0 Å². The van der Waals surface area contributed by atoms with E-state index < -0.39 is 0 Å². The third-order valence-electron chi connectivity index (χ3n) is 8.44. The molecular weight excluding hydrogens is 456 g/mol. The van der Waals surface area contributed by atoms with Crippen molar-refractivity contribution in [1.29, 1.82) is 0 Å². The fourth-order valence-corrected chi connectivity index (χ4v) is 6.21. The van der Waals surface area contributed by atoms with E-state index in [0.717, 1.165) is 0 Å². The SMILES string of the molecule is CCCCCCCCCCCCC(Cl)(CCCCCCCCCCC)CCCCCCCCCCC. The molecule has 0 fully saturated rings. The highest BCUT2D eigenvalue weighted by Crippen LogP contribution is 2.35. The Morgan fingerprint density at radius 3 is 0.639 bits per heavy atom. The zero-order valence-corrected chi connectivity index (χ0v) is 26.6. The first-order valence-corrected chi connectivity index (χ1v) is 17.7. The van der Waals surface area contributed by atoms with Crippen molar-refractivity contribution in [2.24, 2.45) is 0 Å². The fourth-order valence-electron chi connectivity index (χ4n) is 5.81. The van der Waals surface area contributed by atoms with E-state index in [-0.39, 0.29) is 4.87 Å². The minimum atomic E-state index is 0.0996. The molecule has 218 valence electrons. The summed E-state index contributed by atoms with van der Waals surface area (Å²) in [5.41, 5.74) is 0.